The Morgan fingerprint density at radius 3 is 2.97 bits per heavy atom. The second-order valence-electron chi connectivity index (χ2n) is 8.76. The fourth-order valence-corrected chi connectivity index (χ4v) is 5.73. The summed E-state index contributed by atoms with van der Waals surface area (Å²) in [5.41, 5.74) is 1.91. The van der Waals surface area contributed by atoms with Crippen molar-refractivity contribution in [3.8, 4) is 0 Å². The van der Waals surface area contributed by atoms with Crippen molar-refractivity contribution in [2.24, 2.45) is 11.8 Å². The highest BCUT2D eigenvalue weighted by molar-refractivity contribution is 5.86. The summed E-state index contributed by atoms with van der Waals surface area (Å²) in [5.74, 6) is 2.70. The lowest BCUT2D eigenvalue weighted by atomic mass is 9.72. The molecule has 5 rings (SSSR count). The summed E-state index contributed by atoms with van der Waals surface area (Å²) in [6.07, 6.45) is 5.65. The van der Waals surface area contributed by atoms with Crippen LogP contribution < -0.4 is 10.2 Å². The molecule has 29 heavy (non-hydrogen) atoms. The van der Waals surface area contributed by atoms with Gasteiger partial charge in [0.15, 0.2) is 5.82 Å². The maximum absolute atomic E-state index is 12.8. The van der Waals surface area contributed by atoms with E-state index in [9.17, 15) is 9.59 Å². The van der Waals surface area contributed by atoms with Gasteiger partial charge in [-0.2, -0.15) is 0 Å². The van der Waals surface area contributed by atoms with Gasteiger partial charge in [-0.3, -0.25) is 9.59 Å². The average Bonchev–Trinajstić information content (AvgIpc) is 3.15. The number of hydrogen-bond acceptors (Lipinski definition) is 5. The molecular formula is C21H28N6O2. The summed E-state index contributed by atoms with van der Waals surface area (Å²) >= 11 is 0. The number of carbonyl (C=O) groups excluding carboxylic acids is 2. The Labute approximate surface area is 170 Å². The summed E-state index contributed by atoms with van der Waals surface area (Å²) in [6.45, 7) is 5.75. The van der Waals surface area contributed by atoms with E-state index in [2.05, 4.69) is 25.1 Å². The molecule has 2 bridgehead atoms. The highest BCUT2D eigenvalue weighted by atomic mass is 16.2. The van der Waals surface area contributed by atoms with Gasteiger partial charge in [0.2, 0.25) is 11.8 Å². The van der Waals surface area contributed by atoms with Gasteiger partial charge in [-0.15, -0.1) is 0 Å². The number of hydrogen-bond donors (Lipinski definition) is 2. The number of rotatable bonds is 3. The largest absolute Gasteiger partial charge is 0.357 e. The molecule has 2 N–H and O–H groups in total. The Kier molecular flexibility index (Phi) is 4.44. The minimum absolute atomic E-state index is 0.0414. The molecule has 2 aromatic heterocycles. The quantitative estimate of drug-likeness (QED) is 0.822. The lowest BCUT2D eigenvalue weighted by Crippen LogP contribution is -2.67. The SMILES string of the molecule is CC(=O)NC[C@H]1[C@H]2C[C@H](CN(c3nc(C)nc4cc[nH]c34)C2)[C@@H]2CCCC(=O)N21. The molecule has 0 aliphatic carbocycles. The number of aromatic amines is 1. The molecule has 8 nitrogen and oxygen atoms in total. The maximum atomic E-state index is 12.8. The highest BCUT2D eigenvalue weighted by Crippen LogP contribution is 2.42. The van der Waals surface area contributed by atoms with Crippen LogP contribution in [-0.4, -0.2) is 63.4 Å². The Morgan fingerprint density at radius 1 is 1.31 bits per heavy atom. The van der Waals surface area contributed by atoms with Crippen LogP contribution in [0.15, 0.2) is 12.3 Å². The molecule has 3 fully saturated rings. The zero-order valence-electron chi connectivity index (χ0n) is 17.0. The molecule has 3 aliphatic heterocycles. The first-order chi connectivity index (χ1) is 14.0. The third kappa shape index (κ3) is 3.14. The first-order valence-electron chi connectivity index (χ1n) is 10.6. The molecule has 0 spiro atoms. The summed E-state index contributed by atoms with van der Waals surface area (Å²) in [6, 6.07) is 2.30. The summed E-state index contributed by atoms with van der Waals surface area (Å²) in [5, 5.41) is 2.98. The molecule has 3 saturated heterocycles. The normalized spacial score (nSPS) is 29.1. The van der Waals surface area contributed by atoms with Crippen LogP contribution in [0.3, 0.4) is 0 Å². The molecule has 0 saturated carbocycles. The molecule has 0 unspecified atom stereocenters. The fraction of sp³-hybridized carbons (Fsp3) is 0.619. The number of nitrogens with zero attached hydrogens (tertiary/aromatic N) is 4. The van der Waals surface area contributed by atoms with Crippen LogP contribution in [0.25, 0.3) is 11.0 Å². The molecule has 0 aromatic carbocycles. The number of piperidine rings is 3. The van der Waals surface area contributed by atoms with Gasteiger partial charge in [0.1, 0.15) is 11.3 Å². The van der Waals surface area contributed by atoms with Gasteiger partial charge in [0, 0.05) is 45.2 Å². The zero-order valence-corrected chi connectivity index (χ0v) is 17.0. The van der Waals surface area contributed by atoms with E-state index >= 15 is 0 Å². The monoisotopic (exact) mass is 396 g/mol. The number of aromatic nitrogens is 3. The maximum Gasteiger partial charge on any atom is 0.223 e. The third-order valence-electron chi connectivity index (χ3n) is 6.85. The van der Waals surface area contributed by atoms with Crippen molar-refractivity contribution < 1.29 is 9.59 Å². The van der Waals surface area contributed by atoms with Crippen molar-refractivity contribution in [1.29, 1.82) is 0 Å². The lowest BCUT2D eigenvalue weighted by molar-refractivity contribution is -0.149. The molecule has 0 radical (unpaired) electrons. The van der Waals surface area contributed by atoms with E-state index in [1.165, 1.54) is 0 Å². The second kappa shape index (κ2) is 7.00. The van der Waals surface area contributed by atoms with Crippen LogP contribution in [0, 0.1) is 18.8 Å². The van der Waals surface area contributed by atoms with E-state index in [-0.39, 0.29) is 23.9 Å². The van der Waals surface area contributed by atoms with Crippen molar-refractivity contribution in [2.45, 2.75) is 51.6 Å². The predicted molar refractivity (Wildman–Crippen MR) is 109 cm³/mol. The number of H-pyrrole nitrogens is 1. The van der Waals surface area contributed by atoms with Crippen LogP contribution in [0.1, 0.15) is 38.4 Å². The Hall–Kier alpha value is -2.64. The third-order valence-corrected chi connectivity index (χ3v) is 6.85. The second-order valence-corrected chi connectivity index (χ2v) is 8.76. The summed E-state index contributed by atoms with van der Waals surface area (Å²) in [7, 11) is 0. The molecule has 2 aromatic rings. The average molecular weight is 396 g/mol. The molecule has 154 valence electrons. The number of aryl methyl sites for hydroxylation is 1. The molecule has 4 atom stereocenters. The number of fused-ring (bicyclic) bond motifs is 5. The van der Waals surface area contributed by atoms with Crippen molar-refractivity contribution >= 4 is 28.7 Å². The van der Waals surface area contributed by atoms with Crippen LogP contribution in [0.4, 0.5) is 5.82 Å². The van der Waals surface area contributed by atoms with Gasteiger partial charge in [-0.25, -0.2) is 9.97 Å². The number of anilines is 1. The lowest BCUT2D eigenvalue weighted by Gasteiger charge is -2.56. The molecule has 5 heterocycles. The van der Waals surface area contributed by atoms with E-state index in [0.29, 0.717) is 24.8 Å². The number of amides is 2. The van der Waals surface area contributed by atoms with Crippen LogP contribution in [0.2, 0.25) is 0 Å². The first-order valence-corrected chi connectivity index (χ1v) is 10.6. The molecule has 3 aliphatic rings. The summed E-state index contributed by atoms with van der Waals surface area (Å²) in [4.78, 5) is 41.5. The molecular weight excluding hydrogens is 368 g/mol. The van der Waals surface area contributed by atoms with Gasteiger partial charge in [-0.05, 0) is 44.1 Å². The van der Waals surface area contributed by atoms with Gasteiger partial charge >= 0.3 is 0 Å². The van der Waals surface area contributed by atoms with Gasteiger partial charge in [0.25, 0.3) is 0 Å². The van der Waals surface area contributed by atoms with Crippen molar-refractivity contribution in [1.82, 2.24) is 25.2 Å². The minimum Gasteiger partial charge on any atom is -0.357 e. The standard InChI is InChI=1S/C21H28N6O2/c1-12-24-16-6-7-22-20(16)21(25-12)26-10-14-8-15(11-26)18(9-23-13(2)28)27-17(14)4-3-5-19(27)29/h6-7,14-15,17-18,22H,3-5,8-11H2,1-2H3,(H,23,28)/t14-,15+,17+,18+/m1/s1. The Morgan fingerprint density at radius 2 is 2.14 bits per heavy atom. The Bertz CT molecular complexity index is 956. The minimum atomic E-state index is -0.0414. The van der Waals surface area contributed by atoms with Crippen LogP contribution in [0.5, 0.6) is 0 Å². The van der Waals surface area contributed by atoms with E-state index in [4.69, 9.17) is 4.98 Å². The van der Waals surface area contributed by atoms with E-state index in [1.807, 2.05) is 19.2 Å². The predicted octanol–water partition coefficient (Wildman–Crippen LogP) is 1.61. The zero-order chi connectivity index (χ0) is 20.1. The van der Waals surface area contributed by atoms with Gasteiger partial charge < -0.3 is 20.1 Å². The summed E-state index contributed by atoms with van der Waals surface area (Å²) < 4.78 is 0. The van der Waals surface area contributed by atoms with Crippen molar-refractivity contribution in [3.05, 3.63) is 18.1 Å². The number of nitrogens with one attached hydrogen (secondary N) is 2. The fourth-order valence-electron chi connectivity index (χ4n) is 5.73. The molecule has 8 heteroatoms. The van der Waals surface area contributed by atoms with Gasteiger partial charge in [0.05, 0.1) is 11.6 Å². The first kappa shape index (κ1) is 18.4. The number of carbonyl (C=O) groups is 2. The topological polar surface area (TPSA) is 94.2 Å². The van der Waals surface area contributed by atoms with E-state index < -0.39 is 0 Å². The smallest absolute Gasteiger partial charge is 0.223 e. The molecule has 2 amide bonds. The van der Waals surface area contributed by atoms with Crippen molar-refractivity contribution in [2.75, 3.05) is 24.5 Å². The highest BCUT2D eigenvalue weighted by Gasteiger charge is 2.49. The van der Waals surface area contributed by atoms with E-state index in [1.54, 1.807) is 6.92 Å². The van der Waals surface area contributed by atoms with Crippen LogP contribution >= 0.6 is 0 Å². The van der Waals surface area contributed by atoms with E-state index in [0.717, 1.165) is 55.0 Å². The van der Waals surface area contributed by atoms with Crippen LogP contribution in [-0.2, 0) is 9.59 Å². The Balaban J connectivity index is 1.50. The van der Waals surface area contributed by atoms with Gasteiger partial charge in [-0.1, -0.05) is 0 Å². The van der Waals surface area contributed by atoms with Crippen molar-refractivity contribution in [3.63, 3.8) is 0 Å².